The summed E-state index contributed by atoms with van der Waals surface area (Å²) in [5.74, 6) is -0.900. The van der Waals surface area contributed by atoms with Gasteiger partial charge in [-0.1, -0.05) is 34.5 Å². The van der Waals surface area contributed by atoms with E-state index in [0.717, 1.165) is 55.9 Å². The van der Waals surface area contributed by atoms with Crippen LogP contribution in [0.15, 0.2) is 23.2 Å². The van der Waals surface area contributed by atoms with Crippen molar-refractivity contribution in [1.82, 2.24) is 15.6 Å². The average molecular weight is 496 g/mol. The van der Waals surface area contributed by atoms with Crippen molar-refractivity contribution >= 4 is 55.4 Å². The van der Waals surface area contributed by atoms with Crippen LogP contribution in [-0.2, 0) is 10.0 Å². The second-order valence-corrected chi connectivity index (χ2v) is 10.7. The van der Waals surface area contributed by atoms with E-state index in [4.69, 9.17) is 23.2 Å². The molecule has 166 valence electrons. The highest BCUT2D eigenvalue weighted by Gasteiger charge is 2.22. The van der Waals surface area contributed by atoms with Gasteiger partial charge in [-0.2, -0.15) is 0 Å². The fourth-order valence-electron chi connectivity index (χ4n) is 3.15. The minimum absolute atomic E-state index is 0.0510. The van der Waals surface area contributed by atoms with E-state index in [9.17, 15) is 12.8 Å². The van der Waals surface area contributed by atoms with Gasteiger partial charge in [-0.15, -0.1) is 0 Å². The van der Waals surface area contributed by atoms with E-state index in [-0.39, 0.29) is 10.2 Å². The second kappa shape index (κ2) is 10.9. The number of nitrogens with one attached hydrogen (secondary N) is 4. The van der Waals surface area contributed by atoms with E-state index >= 15 is 0 Å². The van der Waals surface area contributed by atoms with E-state index < -0.39 is 20.7 Å². The lowest BCUT2D eigenvalue weighted by Crippen LogP contribution is -2.34. The number of thiazole rings is 1. The lowest BCUT2D eigenvalue weighted by Gasteiger charge is -2.13. The van der Waals surface area contributed by atoms with Crippen LogP contribution in [0.5, 0.6) is 0 Å². The van der Waals surface area contributed by atoms with Crippen molar-refractivity contribution in [1.29, 1.82) is 0 Å². The Morgan fingerprint density at radius 2 is 2.07 bits per heavy atom. The summed E-state index contributed by atoms with van der Waals surface area (Å²) in [6.07, 6.45) is 5.60. The van der Waals surface area contributed by atoms with Crippen molar-refractivity contribution in [3.8, 4) is 0 Å². The van der Waals surface area contributed by atoms with Gasteiger partial charge in [0.25, 0.3) is 10.0 Å². The molecule has 1 saturated heterocycles. The normalized spacial score (nSPS) is 16.7. The van der Waals surface area contributed by atoms with Crippen molar-refractivity contribution < 1.29 is 12.8 Å². The monoisotopic (exact) mass is 495 g/mol. The Labute approximate surface area is 189 Å². The zero-order valence-corrected chi connectivity index (χ0v) is 19.3. The number of hydrogen-bond donors (Lipinski definition) is 4. The summed E-state index contributed by atoms with van der Waals surface area (Å²) in [5.41, 5.74) is 0.355. The van der Waals surface area contributed by atoms with Gasteiger partial charge in [0.15, 0.2) is 5.13 Å². The molecule has 0 radical (unpaired) electrons. The highest BCUT2D eigenvalue weighted by Crippen LogP contribution is 2.30. The number of hydrogen-bond acceptors (Lipinski definition) is 7. The van der Waals surface area contributed by atoms with E-state index in [1.54, 1.807) is 0 Å². The van der Waals surface area contributed by atoms with Gasteiger partial charge >= 0.3 is 0 Å². The molecule has 3 rings (SSSR count). The maximum atomic E-state index is 14.5. The van der Waals surface area contributed by atoms with Crippen molar-refractivity contribution in [2.45, 2.75) is 36.6 Å². The van der Waals surface area contributed by atoms with Gasteiger partial charge in [-0.05, 0) is 50.9 Å². The average Bonchev–Trinajstić information content (AvgIpc) is 3.34. The lowest BCUT2D eigenvalue weighted by molar-refractivity contribution is 0.526. The molecule has 0 unspecified atom stereocenters. The van der Waals surface area contributed by atoms with Crippen LogP contribution < -0.4 is 20.7 Å². The Morgan fingerprint density at radius 1 is 1.27 bits per heavy atom. The smallest absolute Gasteiger partial charge is 0.266 e. The quantitative estimate of drug-likeness (QED) is 0.353. The molecule has 0 saturated carbocycles. The zero-order valence-electron chi connectivity index (χ0n) is 16.2. The molecule has 1 fully saturated rings. The summed E-state index contributed by atoms with van der Waals surface area (Å²) in [6.45, 7) is 3.58. The molecule has 1 aromatic heterocycles. The van der Waals surface area contributed by atoms with Gasteiger partial charge in [0, 0.05) is 19.1 Å². The predicted octanol–water partition coefficient (Wildman–Crippen LogP) is 3.92. The summed E-state index contributed by atoms with van der Waals surface area (Å²) in [7, 11) is -4.17. The summed E-state index contributed by atoms with van der Waals surface area (Å²) in [4.78, 5) is 3.26. The molecule has 2 heterocycles. The Hall–Kier alpha value is -1.17. The molecule has 0 aliphatic carbocycles. The van der Waals surface area contributed by atoms with Gasteiger partial charge in [-0.3, -0.25) is 4.72 Å². The molecule has 1 aromatic carbocycles. The Balaban J connectivity index is 1.47. The molecule has 30 heavy (non-hydrogen) atoms. The van der Waals surface area contributed by atoms with Gasteiger partial charge in [-0.25, -0.2) is 17.8 Å². The molecule has 1 atom stereocenters. The summed E-state index contributed by atoms with van der Waals surface area (Å²) < 4.78 is 41.9. The largest absolute Gasteiger partial charge is 0.384 e. The van der Waals surface area contributed by atoms with Crippen LogP contribution in [-0.4, -0.2) is 45.6 Å². The van der Waals surface area contributed by atoms with Gasteiger partial charge in [0.05, 0.1) is 16.9 Å². The maximum Gasteiger partial charge on any atom is 0.266 e. The standard InChI is InChI=1S/C18H24Cl2FN5O2S2/c19-13-8-16(30(27,28)26-18-25-11-17(20)29-18)14(21)9-15(13)24-6-2-1-5-22-10-12-4-3-7-23-12/h8-9,11-12,22-24H,1-7,10H2,(H,25,26)/t12-/m0/s1. The number of rotatable bonds is 11. The SMILES string of the molecule is O=S(=O)(Nc1ncc(Cl)s1)c1cc(Cl)c(NCCCCNC[C@@H]2CCCN2)cc1F. The summed E-state index contributed by atoms with van der Waals surface area (Å²) in [5, 5.41) is 10.1. The molecule has 1 aliphatic heterocycles. The third kappa shape index (κ3) is 6.66. The second-order valence-electron chi connectivity index (χ2n) is 6.97. The fraction of sp³-hybridized carbons (Fsp3) is 0.500. The van der Waals surface area contributed by atoms with Crippen LogP contribution in [0.2, 0.25) is 9.36 Å². The van der Waals surface area contributed by atoms with E-state index in [2.05, 4.69) is 25.7 Å². The molecular formula is C18H24Cl2FN5O2S2. The van der Waals surface area contributed by atoms with Crippen LogP contribution in [0, 0.1) is 5.82 Å². The molecule has 2 aromatic rings. The number of halogens is 3. The van der Waals surface area contributed by atoms with Gasteiger partial charge in [0.1, 0.15) is 15.0 Å². The minimum Gasteiger partial charge on any atom is -0.384 e. The Morgan fingerprint density at radius 3 is 2.77 bits per heavy atom. The van der Waals surface area contributed by atoms with Crippen LogP contribution in [0.4, 0.5) is 15.2 Å². The van der Waals surface area contributed by atoms with Crippen LogP contribution in [0.25, 0.3) is 0 Å². The third-order valence-corrected chi connectivity index (χ3v) is 7.49. The van der Waals surface area contributed by atoms with E-state index in [0.29, 0.717) is 22.6 Å². The van der Waals surface area contributed by atoms with Crippen molar-refractivity contribution in [3.63, 3.8) is 0 Å². The highest BCUT2D eigenvalue weighted by atomic mass is 35.5. The van der Waals surface area contributed by atoms with Crippen LogP contribution in [0.3, 0.4) is 0 Å². The number of benzene rings is 1. The molecule has 0 amide bonds. The van der Waals surface area contributed by atoms with Gasteiger partial charge in [0.2, 0.25) is 0 Å². The molecule has 4 N–H and O–H groups in total. The zero-order chi connectivity index (χ0) is 21.6. The first-order valence-electron chi connectivity index (χ1n) is 9.66. The molecular weight excluding hydrogens is 472 g/mol. The number of sulfonamides is 1. The first-order valence-corrected chi connectivity index (χ1v) is 12.7. The lowest BCUT2D eigenvalue weighted by atomic mass is 10.2. The van der Waals surface area contributed by atoms with Crippen molar-refractivity contribution in [3.05, 3.63) is 33.5 Å². The number of nitrogens with zero attached hydrogens (tertiary/aromatic N) is 1. The first kappa shape index (κ1) is 23.5. The topological polar surface area (TPSA) is 95.2 Å². The first-order chi connectivity index (χ1) is 14.3. The molecule has 0 bridgehead atoms. The number of unbranched alkanes of at least 4 members (excludes halogenated alkanes) is 1. The summed E-state index contributed by atoms with van der Waals surface area (Å²) >= 11 is 12.9. The van der Waals surface area contributed by atoms with E-state index in [1.165, 1.54) is 19.0 Å². The molecule has 7 nitrogen and oxygen atoms in total. The third-order valence-electron chi connectivity index (χ3n) is 4.66. The Bertz CT molecular complexity index is 952. The fourth-order valence-corrected chi connectivity index (χ4v) is 5.58. The van der Waals surface area contributed by atoms with Crippen LogP contribution >= 0.6 is 34.5 Å². The maximum absolute atomic E-state index is 14.5. The molecule has 12 heteroatoms. The van der Waals surface area contributed by atoms with E-state index in [1.807, 2.05) is 0 Å². The minimum atomic E-state index is -4.17. The van der Waals surface area contributed by atoms with Crippen LogP contribution in [0.1, 0.15) is 25.7 Å². The summed E-state index contributed by atoms with van der Waals surface area (Å²) in [6, 6.07) is 2.75. The van der Waals surface area contributed by atoms with Crippen molar-refractivity contribution in [2.24, 2.45) is 0 Å². The number of aromatic nitrogens is 1. The molecule has 1 aliphatic rings. The molecule has 0 spiro atoms. The predicted molar refractivity (Wildman–Crippen MR) is 121 cm³/mol. The Kier molecular flexibility index (Phi) is 8.55. The van der Waals surface area contributed by atoms with Gasteiger partial charge < -0.3 is 16.0 Å². The van der Waals surface area contributed by atoms with Crippen molar-refractivity contribution in [2.75, 3.05) is 36.2 Å². The number of anilines is 2. The highest BCUT2D eigenvalue weighted by molar-refractivity contribution is 7.93.